The van der Waals surface area contributed by atoms with E-state index in [4.69, 9.17) is 5.11 Å². The molecule has 1 radical (unpaired) electrons. The average molecular weight is 142 g/mol. The minimum absolute atomic E-state index is 0.000000000000000222. The summed E-state index contributed by atoms with van der Waals surface area (Å²) >= 11 is 1.28. The van der Waals surface area contributed by atoms with Crippen LogP contribution in [-0.2, 0) is 11.2 Å². The molecule has 1 aromatic heterocycles. The minimum Gasteiger partial charge on any atom is -0.481 e. The van der Waals surface area contributed by atoms with Crippen molar-refractivity contribution >= 4 is 17.3 Å². The van der Waals surface area contributed by atoms with E-state index in [1.54, 1.807) is 5.38 Å². The normalized spacial score (nSPS) is 9.33. The van der Waals surface area contributed by atoms with Crippen molar-refractivity contribution in [3.63, 3.8) is 0 Å². The van der Waals surface area contributed by atoms with Crippen LogP contribution in [0, 0.1) is 5.51 Å². The van der Waals surface area contributed by atoms with E-state index in [9.17, 15) is 4.79 Å². The second-order valence-electron chi connectivity index (χ2n) is 1.50. The minimum atomic E-state index is -0.853. The van der Waals surface area contributed by atoms with E-state index in [0.29, 0.717) is 5.69 Å². The number of hydrogen-bond acceptors (Lipinski definition) is 3. The van der Waals surface area contributed by atoms with Crippen LogP contribution in [0.2, 0.25) is 0 Å². The molecule has 0 aliphatic rings. The van der Waals surface area contributed by atoms with Gasteiger partial charge in [-0.2, -0.15) is 0 Å². The first kappa shape index (κ1) is 6.22. The molecular weight excluding hydrogens is 138 g/mol. The standard InChI is InChI=1S/C5H4NO2S/c7-5(8)1-4-2-9-3-6-4/h2H,1H2,(H,7,8). The molecule has 4 heteroatoms. The smallest absolute Gasteiger partial charge is 0.309 e. The Morgan fingerprint density at radius 2 is 2.78 bits per heavy atom. The van der Waals surface area contributed by atoms with Crippen LogP contribution in [0.4, 0.5) is 0 Å². The molecule has 1 aromatic rings. The summed E-state index contributed by atoms with van der Waals surface area (Å²) in [6, 6.07) is 0. The molecule has 0 aromatic carbocycles. The average Bonchev–Trinajstić information content (AvgIpc) is 2.15. The fourth-order valence-electron chi connectivity index (χ4n) is 0.442. The van der Waals surface area contributed by atoms with Gasteiger partial charge in [0.25, 0.3) is 0 Å². The molecule has 0 saturated carbocycles. The summed E-state index contributed by atoms with van der Waals surface area (Å²) < 4.78 is 0. The highest BCUT2D eigenvalue weighted by atomic mass is 32.1. The van der Waals surface area contributed by atoms with Gasteiger partial charge in [0.05, 0.1) is 12.1 Å². The third kappa shape index (κ3) is 1.81. The van der Waals surface area contributed by atoms with Gasteiger partial charge in [-0.25, -0.2) is 4.98 Å². The first-order valence-electron chi connectivity index (χ1n) is 2.31. The number of carbonyl (C=O) groups is 1. The zero-order valence-electron chi connectivity index (χ0n) is 4.50. The van der Waals surface area contributed by atoms with Crippen molar-refractivity contribution in [3.05, 3.63) is 16.6 Å². The van der Waals surface area contributed by atoms with Crippen LogP contribution >= 0.6 is 11.3 Å². The van der Waals surface area contributed by atoms with E-state index < -0.39 is 5.97 Å². The van der Waals surface area contributed by atoms with E-state index in [0.717, 1.165) is 0 Å². The predicted octanol–water partition coefficient (Wildman–Crippen LogP) is 0.570. The molecular formula is C5H4NO2S. The topological polar surface area (TPSA) is 50.2 Å². The van der Waals surface area contributed by atoms with Gasteiger partial charge in [-0.15, -0.1) is 11.3 Å². The van der Waals surface area contributed by atoms with Crippen molar-refractivity contribution in [3.8, 4) is 0 Å². The van der Waals surface area contributed by atoms with Gasteiger partial charge in [0, 0.05) is 5.38 Å². The van der Waals surface area contributed by atoms with Crippen molar-refractivity contribution in [2.45, 2.75) is 6.42 Å². The number of hydrogen-bond donors (Lipinski definition) is 1. The molecule has 0 amide bonds. The van der Waals surface area contributed by atoms with Crippen molar-refractivity contribution in [2.75, 3.05) is 0 Å². The lowest BCUT2D eigenvalue weighted by molar-refractivity contribution is -0.136. The van der Waals surface area contributed by atoms with Gasteiger partial charge in [-0.05, 0) is 0 Å². The van der Waals surface area contributed by atoms with E-state index in [-0.39, 0.29) is 6.42 Å². The number of nitrogens with zero attached hydrogens (tertiary/aromatic N) is 1. The second kappa shape index (κ2) is 2.59. The molecule has 1 heterocycles. The lowest BCUT2D eigenvalue weighted by atomic mass is 10.3. The van der Waals surface area contributed by atoms with Gasteiger partial charge in [-0.3, -0.25) is 4.79 Å². The summed E-state index contributed by atoms with van der Waals surface area (Å²) in [6.45, 7) is 0. The van der Waals surface area contributed by atoms with Gasteiger partial charge < -0.3 is 5.11 Å². The third-order valence-corrected chi connectivity index (χ3v) is 1.36. The van der Waals surface area contributed by atoms with E-state index in [1.807, 2.05) is 0 Å². The van der Waals surface area contributed by atoms with Crippen LogP contribution < -0.4 is 0 Å². The monoisotopic (exact) mass is 142 g/mol. The lowest BCUT2D eigenvalue weighted by Crippen LogP contribution is -1.99. The van der Waals surface area contributed by atoms with Crippen LogP contribution in [0.15, 0.2) is 5.38 Å². The quantitative estimate of drug-likeness (QED) is 0.656. The highest BCUT2D eigenvalue weighted by molar-refractivity contribution is 7.07. The Balaban J connectivity index is 2.58. The molecule has 0 saturated heterocycles. The van der Waals surface area contributed by atoms with Crippen molar-refractivity contribution in [1.82, 2.24) is 4.98 Å². The summed E-state index contributed by atoms with van der Waals surface area (Å²) in [7, 11) is 0. The summed E-state index contributed by atoms with van der Waals surface area (Å²) in [4.78, 5) is 13.7. The maximum atomic E-state index is 10.0. The van der Waals surface area contributed by atoms with E-state index >= 15 is 0 Å². The summed E-state index contributed by atoms with van der Waals surface area (Å²) in [5.41, 5.74) is 3.14. The highest BCUT2D eigenvalue weighted by Crippen LogP contribution is 1.99. The summed E-state index contributed by atoms with van der Waals surface area (Å²) in [6.07, 6.45) is -0.000000000000000222. The Morgan fingerprint density at radius 3 is 3.22 bits per heavy atom. The molecule has 1 N–H and O–H groups in total. The first-order chi connectivity index (χ1) is 4.29. The maximum absolute atomic E-state index is 10.0. The van der Waals surface area contributed by atoms with Gasteiger partial charge in [-0.1, -0.05) is 0 Å². The Morgan fingerprint density at radius 1 is 2.00 bits per heavy atom. The molecule has 0 spiro atoms. The number of carboxylic acids is 1. The zero-order chi connectivity index (χ0) is 6.69. The van der Waals surface area contributed by atoms with E-state index in [2.05, 4.69) is 10.5 Å². The van der Waals surface area contributed by atoms with Gasteiger partial charge >= 0.3 is 5.97 Å². The molecule has 47 valence electrons. The fraction of sp³-hybridized carbons (Fsp3) is 0.200. The molecule has 0 aliphatic carbocycles. The number of aromatic nitrogens is 1. The zero-order valence-corrected chi connectivity index (χ0v) is 5.31. The Labute approximate surface area is 56.0 Å². The third-order valence-electron chi connectivity index (χ3n) is 0.769. The first-order valence-corrected chi connectivity index (χ1v) is 3.19. The Kier molecular flexibility index (Phi) is 1.79. The lowest BCUT2D eigenvalue weighted by Gasteiger charge is -1.84. The SMILES string of the molecule is O=C(O)Cc1cs[c]n1. The Bertz CT molecular complexity index is 195. The van der Waals surface area contributed by atoms with Crippen LogP contribution in [0.3, 0.4) is 0 Å². The van der Waals surface area contributed by atoms with Crippen molar-refractivity contribution in [1.29, 1.82) is 0 Å². The molecule has 1 rings (SSSR count). The maximum Gasteiger partial charge on any atom is 0.309 e. The molecule has 9 heavy (non-hydrogen) atoms. The molecule has 0 unspecified atom stereocenters. The van der Waals surface area contributed by atoms with Crippen LogP contribution in [-0.4, -0.2) is 16.1 Å². The number of rotatable bonds is 2. The predicted molar refractivity (Wildman–Crippen MR) is 32.3 cm³/mol. The van der Waals surface area contributed by atoms with Gasteiger partial charge in [0.15, 0.2) is 5.51 Å². The van der Waals surface area contributed by atoms with E-state index in [1.165, 1.54) is 11.3 Å². The van der Waals surface area contributed by atoms with Crippen molar-refractivity contribution in [2.24, 2.45) is 0 Å². The van der Waals surface area contributed by atoms with Crippen LogP contribution in [0.1, 0.15) is 5.69 Å². The van der Waals surface area contributed by atoms with Gasteiger partial charge in [0.2, 0.25) is 0 Å². The Hall–Kier alpha value is -0.900. The van der Waals surface area contributed by atoms with Crippen LogP contribution in [0.25, 0.3) is 0 Å². The molecule has 0 atom stereocenters. The summed E-state index contributed by atoms with van der Waals surface area (Å²) in [5, 5.41) is 9.91. The number of thiazole rings is 1. The number of carboxylic acid groups (broad SMARTS) is 1. The molecule has 0 fully saturated rings. The molecule has 0 bridgehead atoms. The van der Waals surface area contributed by atoms with Crippen LogP contribution in [0.5, 0.6) is 0 Å². The van der Waals surface area contributed by atoms with Crippen molar-refractivity contribution < 1.29 is 9.90 Å². The fourth-order valence-corrected chi connectivity index (χ4v) is 0.937. The molecule has 3 nitrogen and oxygen atoms in total. The van der Waals surface area contributed by atoms with Gasteiger partial charge in [0.1, 0.15) is 0 Å². The summed E-state index contributed by atoms with van der Waals surface area (Å²) in [5.74, 6) is -0.853. The number of aliphatic carboxylic acids is 1. The molecule has 0 aliphatic heterocycles. The largest absolute Gasteiger partial charge is 0.481 e. The second-order valence-corrected chi connectivity index (χ2v) is 2.15. The highest BCUT2D eigenvalue weighted by Gasteiger charge is 1.99.